The van der Waals surface area contributed by atoms with Gasteiger partial charge >= 0.3 is 0 Å². The number of benzene rings is 2. The van der Waals surface area contributed by atoms with E-state index in [0.717, 1.165) is 73.7 Å². The van der Waals surface area contributed by atoms with Gasteiger partial charge in [0.05, 0.1) is 0 Å². The topological polar surface area (TPSA) is 85.4 Å². The van der Waals surface area contributed by atoms with E-state index >= 15 is 0 Å². The van der Waals surface area contributed by atoms with Crippen LogP contribution in [0.25, 0.3) is 22.0 Å². The summed E-state index contributed by atoms with van der Waals surface area (Å²) in [6, 6.07) is 16.9. The van der Waals surface area contributed by atoms with Crippen LogP contribution in [0.1, 0.15) is 77.0 Å². The highest BCUT2D eigenvalue weighted by Gasteiger charge is 2.25. The zero-order chi connectivity index (χ0) is 25.2. The lowest BCUT2D eigenvalue weighted by Gasteiger charge is -2.29. The van der Waals surface area contributed by atoms with Crippen molar-refractivity contribution in [1.82, 2.24) is 10.5 Å². The van der Waals surface area contributed by atoms with E-state index in [1.165, 1.54) is 24.6 Å². The van der Waals surface area contributed by atoms with Gasteiger partial charge in [-0.3, -0.25) is 14.8 Å². The van der Waals surface area contributed by atoms with E-state index in [2.05, 4.69) is 53.5 Å². The van der Waals surface area contributed by atoms with Crippen LogP contribution in [0.4, 0.5) is 5.69 Å². The number of rotatable bonds is 10. The van der Waals surface area contributed by atoms with Crippen LogP contribution in [0.3, 0.4) is 0 Å². The molecule has 1 aromatic heterocycles. The summed E-state index contributed by atoms with van der Waals surface area (Å²) >= 11 is 0. The van der Waals surface area contributed by atoms with Crippen molar-refractivity contribution in [2.24, 2.45) is 5.92 Å². The molecule has 0 aliphatic heterocycles. The largest absolute Gasteiger partial charge is 0.361 e. The van der Waals surface area contributed by atoms with Gasteiger partial charge in [-0.05, 0) is 66.5 Å². The van der Waals surface area contributed by atoms with Gasteiger partial charge in [0.2, 0.25) is 11.8 Å². The lowest BCUT2D eigenvalue weighted by molar-refractivity contribution is -0.129. The average Bonchev–Trinajstić information content (AvgIpc) is 3.36. The van der Waals surface area contributed by atoms with Crippen molar-refractivity contribution in [2.45, 2.75) is 77.0 Å². The summed E-state index contributed by atoms with van der Waals surface area (Å²) in [5.74, 6) is 0.0252. The Morgan fingerprint density at radius 2 is 1.56 bits per heavy atom. The number of nitrogens with one attached hydrogen (secondary N) is 2. The van der Waals surface area contributed by atoms with Crippen LogP contribution in [0.5, 0.6) is 0 Å². The molecule has 0 bridgehead atoms. The quantitative estimate of drug-likeness (QED) is 0.163. The highest BCUT2D eigenvalue weighted by atomic mass is 16.5. The van der Waals surface area contributed by atoms with Crippen molar-refractivity contribution in [3.8, 4) is 11.1 Å². The number of aromatic nitrogens is 1. The summed E-state index contributed by atoms with van der Waals surface area (Å²) in [5, 5.41) is 9.84. The number of aromatic amines is 1. The van der Waals surface area contributed by atoms with Gasteiger partial charge in [-0.1, -0.05) is 69.2 Å². The average molecular weight is 490 g/mol. The van der Waals surface area contributed by atoms with Crippen LogP contribution >= 0.6 is 0 Å². The van der Waals surface area contributed by atoms with Gasteiger partial charge in [-0.2, -0.15) is 0 Å². The molecule has 3 N–H and O–H groups in total. The SMILES string of the molecule is O=C(CCCCCCN(C(=O)C1CCCCCCC1)c1ccc(-c2ccc3cc[nH]c3c2)cc1)NO. The third kappa shape index (κ3) is 6.97. The van der Waals surface area contributed by atoms with Crippen LogP contribution in [0, 0.1) is 5.92 Å². The summed E-state index contributed by atoms with van der Waals surface area (Å²) in [6.07, 6.45) is 13.8. The molecule has 3 aromatic rings. The summed E-state index contributed by atoms with van der Waals surface area (Å²) in [7, 11) is 0. The van der Waals surface area contributed by atoms with Crippen molar-refractivity contribution in [2.75, 3.05) is 11.4 Å². The van der Waals surface area contributed by atoms with E-state index in [4.69, 9.17) is 5.21 Å². The third-order valence-electron chi connectivity index (χ3n) is 7.45. The van der Waals surface area contributed by atoms with Crippen molar-refractivity contribution in [3.63, 3.8) is 0 Å². The number of H-pyrrole nitrogens is 1. The number of carbonyl (C=O) groups is 2. The van der Waals surface area contributed by atoms with Gasteiger partial charge in [0.25, 0.3) is 0 Å². The van der Waals surface area contributed by atoms with E-state index in [9.17, 15) is 9.59 Å². The Kier molecular flexibility index (Phi) is 9.56. The maximum Gasteiger partial charge on any atom is 0.243 e. The van der Waals surface area contributed by atoms with Crippen LogP contribution < -0.4 is 10.4 Å². The maximum atomic E-state index is 13.7. The van der Waals surface area contributed by atoms with E-state index in [1.807, 2.05) is 11.1 Å². The molecule has 6 nitrogen and oxygen atoms in total. The molecule has 0 spiro atoms. The lowest BCUT2D eigenvalue weighted by Crippen LogP contribution is -2.37. The normalized spacial score (nSPS) is 14.8. The molecule has 0 saturated heterocycles. The van der Waals surface area contributed by atoms with Gasteiger partial charge in [0.15, 0.2) is 0 Å². The Morgan fingerprint density at radius 1 is 0.861 bits per heavy atom. The molecule has 36 heavy (non-hydrogen) atoms. The Balaban J connectivity index is 1.45. The Morgan fingerprint density at radius 3 is 2.31 bits per heavy atom. The molecular weight excluding hydrogens is 450 g/mol. The molecule has 1 saturated carbocycles. The van der Waals surface area contributed by atoms with Crippen LogP contribution in [0.2, 0.25) is 0 Å². The highest BCUT2D eigenvalue weighted by Crippen LogP contribution is 2.29. The molecule has 0 atom stereocenters. The highest BCUT2D eigenvalue weighted by molar-refractivity contribution is 5.95. The molecule has 1 aliphatic carbocycles. The van der Waals surface area contributed by atoms with Crippen molar-refractivity contribution < 1.29 is 14.8 Å². The first kappa shape index (κ1) is 26.0. The standard InChI is InChI=1S/C30H39N3O3/c34-29(32-36)12-8-4-5-9-21-33(30(35)25-10-6-2-1-3-7-11-25)27-17-15-23(16-18-27)26-14-13-24-19-20-31-28(24)22-26/h13-20,22,25,31,36H,1-12,21H2,(H,32,34). The van der Waals surface area contributed by atoms with Crippen molar-refractivity contribution >= 4 is 28.4 Å². The number of unbranched alkanes of at least 4 members (excludes halogenated alkanes) is 3. The van der Waals surface area contributed by atoms with Gasteiger partial charge < -0.3 is 9.88 Å². The predicted molar refractivity (Wildman–Crippen MR) is 145 cm³/mol. The Bertz CT molecular complexity index is 1110. The second kappa shape index (κ2) is 13.3. The fourth-order valence-electron chi connectivity index (χ4n) is 5.32. The molecule has 0 unspecified atom stereocenters. The molecule has 4 rings (SSSR count). The van der Waals surface area contributed by atoms with Crippen molar-refractivity contribution in [1.29, 1.82) is 0 Å². The number of carbonyl (C=O) groups excluding carboxylic acids is 2. The zero-order valence-electron chi connectivity index (χ0n) is 21.2. The van der Waals surface area contributed by atoms with Gasteiger partial charge in [-0.25, -0.2) is 5.48 Å². The smallest absolute Gasteiger partial charge is 0.243 e. The number of amides is 2. The minimum atomic E-state index is -0.341. The van der Waals surface area contributed by atoms with E-state index in [1.54, 1.807) is 5.48 Å². The number of hydrogen-bond donors (Lipinski definition) is 3. The number of anilines is 1. The third-order valence-corrected chi connectivity index (χ3v) is 7.45. The molecule has 192 valence electrons. The first-order valence-corrected chi connectivity index (χ1v) is 13.6. The zero-order valence-corrected chi connectivity index (χ0v) is 21.2. The Hall–Kier alpha value is -3.12. The van der Waals surface area contributed by atoms with Crippen LogP contribution in [-0.2, 0) is 9.59 Å². The maximum absolute atomic E-state index is 13.7. The molecule has 1 aliphatic rings. The number of hydrogen-bond acceptors (Lipinski definition) is 3. The van der Waals surface area contributed by atoms with E-state index < -0.39 is 0 Å². The summed E-state index contributed by atoms with van der Waals surface area (Å²) in [6.45, 7) is 0.690. The van der Waals surface area contributed by atoms with Crippen LogP contribution in [-0.4, -0.2) is 28.6 Å². The second-order valence-electron chi connectivity index (χ2n) is 10.1. The van der Waals surface area contributed by atoms with E-state index in [-0.39, 0.29) is 17.7 Å². The number of hydroxylamine groups is 1. The van der Waals surface area contributed by atoms with Gasteiger partial charge in [-0.15, -0.1) is 0 Å². The summed E-state index contributed by atoms with van der Waals surface area (Å²) in [5.41, 5.74) is 6.06. The van der Waals surface area contributed by atoms with Crippen molar-refractivity contribution in [3.05, 3.63) is 54.7 Å². The fourth-order valence-corrected chi connectivity index (χ4v) is 5.32. The molecule has 1 fully saturated rings. The molecular formula is C30H39N3O3. The minimum absolute atomic E-state index is 0.105. The van der Waals surface area contributed by atoms with Crippen LogP contribution in [0.15, 0.2) is 54.7 Å². The number of nitrogens with zero attached hydrogens (tertiary/aromatic N) is 1. The molecule has 2 aromatic carbocycles. The first-order chi connectivity index (χ1) is 17.7. The monoisotopic (exact) mass is 489 g/mol. The second-order valence-corrected chi connectivity index (χ2v) is 10.1. The fraction of sp³-hybridized carbons (Fsp3) is 0.467. The first-order valence-electron chi connectivity index (χ1n) is 13.6. The molecule has 0 radical (unpaired) electrons. The Labute approximate surface area is 214 Å². The molecule has 6 heteroatoms. The van der Waals surface area contributed by atoms with E-state index in [0.29, 0.717) is 13.0 Å². The van der Waals surface area contributed by atoms with Gasteiger partial charge in [0.1, 0.15) is 0 Å². The lowest BCUT2D eigenvalue weighted by atomic mass is 9.90. The van der Waals surface area contributed by atoms with Gasteiger partial charge in [0, 0.05) is 36.3 Å². The predicted octanol–water partition coefficient (Wildman–Crippen LogP) is 6.98. The molecule has 2 amide bonds. The summed E-state index contributed by atoms with van der Waals surface area (Å²) < 4.78 is 0. The minimum Gasteiger partial charge on any atom is -0.361 e. The number of fused-ring (bicyclic) bond motifs is 1. The molecule has 1 heterocycles. The summed E-state index contributed by atoms with van der Waals surface area (Å²) in [4.78, 5) is 30.2.